The Bertz CT molecular complexity index is 1370. The number of halogens is 1. The Morgan fingerprint density at radius 1 is 1.31 bits per heavy atom. The van der Waals surface area contributed by atoms with Crippen LogP contribution in [0.1, 0.15) is 33.1 Å². The van der Waals surface area contributed by atoms with Crippen molar-refractivity contribution in [1.82, 2.24) is 24.8 Å². The van der Waals surface area contributed by atoms with E-state index < -0.39 is 34.6 Å². The lowest BCUT2D eigenvalue weighted by Gasteiger charge is -2.40. The van der Waals surface area contributed by atoms with Crippen LogP contribution in [0.25, 0.3) is 11.0 Å². The summed E-state index contributed by atoms with van der Waals surface area (Å²) in [7, 11) is 0. The third-order valence-electron chi connectivity index (χ3n) is 8.73. The summed E-state index contributed by atoms with van der Waals surface area (Å²) >= 11 is 5.34. The Hall–Kier alpha value is -2.70. The lowest BCUT2D eigenvalue weighted by atomic mass is 9.71. The molecule has 2 amide bonds. The molecule has 1 aromatic heterocycles. The fraction of sp³-hybridized carbons (Fsp3) is 0.567. The molecule has 7 atom stereocenters. The van der Waals surface area contributed by atoms with E-state index in [4.69, 9.17) is 4.74 Å². The maximum atomic E-state index is 14.7. The zero-order chi connectivity index (χ0) is 30.2. The molecule has 4 heterocycles. The van der Waals surface area contributed by atoms with Gasteiger partial charge in [-0.2, -0.15) is 0 Å². The summed E-state index contributed by atoms with van der Waals surface area (Å²) < 4.78 is 6.48. The van der Waals surface area contributed by atoms with Crippen LogP contribution in [0.5, 0.6) is 0 Å². The number of hydrogen-bond donors (Lipinski definition) is 1. The van der Waals surface area contributed by atoms with Gasteiger partial charge < -0.3 is 19.6 Å². The summed E-state index contributed by atoms with van der Waals surface area (Å²) in [6.45, 7) is 11.7. The maximum Gasteiger partial charge on any atom is 0.310 e. The average molecular weight is 661 g/mol. The normalized spacial score (nSPS) is 28.7. The van der Waals surface area contributed by atoms with Crippen LogP contribution in [0.15, 0.2) is 49.6 Å². The minimum atomic E-state index is -0.891. The number of hydrogen-bond acceptors (Lipinski definition) is 8. The number of alkyl halides is 1. The summed E-state index contributed by atoms with van der Waals surface area (Å²) in [5, 5.41) is 18.8. The Balaban J connectivity index is 1.53. The van der Waals surface area contributed by atoms with E-state index in [1.165, 1.54) is 0 Å². The number of para-hydroxylation sites is 1. The van der Waals surface area contributed by atoms with Crippen molar-refractivity contribution in [3.8, 4) is 0 Å². The van der Waals surface area contributed by atoms with Gasteiger partial charge in [0.2, 0.25) is 11.8 Å². The third-order valence-corrected chi connectivity index (χ3v) is 11.9. The molecule has 42 heavy (non-hydrogen) atoms. The molecule has 5 rings (SSSR count). The second-order valence-corrected chi connectivity index (χ2v) is 14.3. The summed E-state index contributed by atoms with van der Waals surface area (Å²) in [5.74, 6) is -2.49. The van der Waals surface area contributed by atoms with Gasteiger partial charge in [0.15, 0.2) is 0 Å². The molecule has 1 aromatic carbocycles. The van der Waals surface area contributed by atoms with Crippen LogP contribution in [0.4, 0.5) is 0 Å². The first-order valence-electron chi connectivity index (χ1n) is 14.4. The van der Waals surface area contributed by atoms with Crippen LogP contribution in [-0.2, 0) is 25.8 Å². The van der Waals surface area contributed by atoms with Crippen LogP contribution in [-0.4, -0.2) is 94.4 Å². The van der Waals surface area contributed by atoms with Crippen molar-refractivity contribution in [1.29, 1.82) is 0 Å². The number of rotatable bonds is 13. The molecule has 12 heteroatoms. The molecule has 3 aliphatic heterocycles. The van der Waals surface area contributed by atoms with E-state index in [0.717, 1.165) is 11.9 Å². The lowest BCUT2D eigenvalue weighted by molar-refractivity contribution is -0.154. The van der Waals surface area contributed by atoms with Crippen molar-refractivity contribution in [3.63, 3.8) is 0 Å². The number of fused-ring (bicyclic) bond motifs is 2. The Kier molecular flexibility index (Phi) is 9.15. The first kappa shape index (κ1) is 30.7. The summed E-state index contributed by atoms with van der Waals surface area (Å²) in [6.07, 6.45) is 5.34. The van der Waals surface area contributed by atoms with E-state index in [2.05, 4.69) is 39.4 Å². The first-order chi connectivity index (χ1) is 20.2. The SMILES string of the molecule is C=CCCCOC(=O)[C@H]1[C@@H]2SC3(CC2Br)C(C(=O)N(CC=C)Cn2nnc4ccccc42)N([C@@H](CO)C(C)C)C(=O)[C@H]13. The van der Waals surface area contributed by atoms with E-state index in [9.17, 15) is 19.5 Å². The molecular formula is C30H38BrN5O5S. The van der Waals surface area contributed by atoms with Crippen LogP contribution in [0.3, 0.4) is 0 Å². The monoisotopic (exact) mass is 659 g/mol. The smallest absolute Gasteiger partial charge is 0.310 e. The highest BCUT2D eigenvalue weighted by Crippen LogP contribution is 2.68. The number of thioether (sulfide) groups is 1. The molecule has 0 aliphatic carbocycles. The molecule has 0 saturated carbocycles. The molecule has 1 spiro atoms. The largest absolute Gasteiger partial charge is 0.465 e. The third kappa shape index (κ3) is 5.09. The molecule has 3 aliphatic rings. The number of carbonyl (C=O) groups excluding carboxylic acids is 3. The number of benzene rings is 1. The molecule has 3 saturated heterocycles. The average Bonchev–Trinajstić information content (AvgIpc) is 3.68. The van der Waals surface area contributed by atoms with Crippen LogP contribution in [0.2, 0.25) is 0 Å². The second-order valence-electron chi connectivity index (χ2n) is 11.6. The number of aromatic nitrogens is 3. The van der Waals surface area contributed by atoms with Crippen molar-refractivity contribution in [2.24, 2.45) is 17.8 Å². The number of nitrogens with zero attached hydrogens (tertiary/aromatic N) is 5. The molecule has 0 radical (unpaired) electrons. The van der Waals surface area contributed by atoms with E-state index in [1.54, 1.807) is 38.4 Å². The number of amides is 2. The topological polar surface area (TPSA) is 118 Å². The van der Waals surface area contributed by atoms with Gasteiger partial charge in [-0.15, -0.1) is 30.0 Å². The number of unbranched alkanes of at least 4 members (excludes halogenated alkanes) is 1. The fourth-order valence-corrected chi connectivity index (χ4v) is 10.4. The predicted molar refractivity (Wildman–Crippen MR) is 165 cm³/mol. The van der Waals surface area contributed by atoms with Crippen molar-refractivity contribution >= 4 is 56.5 Å². The first-order valence-corrected chi connectivity index (χ1v) is 16.2. The van der Waals surface area contributed by atoms with E-state index in [0.29, 0.717) is 18.4 Å². The number of esters is 1. The zero-order valence-corrected chi connectivity index (χ0v) is 26.4. The highest BCUT2D eigenvalue weighted by atomic mass is 79.9. The van der Waals surface area contributed by atoms with Gasteiger partial charge in [-0.05, 0) is 37.3 Å². The maximum absolute atomic E-state index is 14.7. The molecular weight excluding hydrogens is 622 g/mol. The number of carbonyl (C=O) groups is 3. The van der Waals surface area contributed by atoms with Gasteiger partial charge in [-0.25, -0.2) is 4.68 Å². The van der Waals surface area contributed by atoms with Crippen molar-refractivity contribution < 1.29 is 24.2 Å². The number of likely N-dealkylation sites (tertiary alicyclic amines) is 1. The van der Waals surface area contributed by atoms with Gasteiger partial charge in [-0.3, -0.25) is 14.4 Å². The Labute approximate surface area is 258 Å². The molecule has 10 nitrogen and oxygen atoms in total. The molecule has 2 bridgehead atoms. The fourth-order valence-electron chi connectivity index (χ4n) is 6.82. The summed E-state index contributed by atoms with van der Waals surface area (Å²) in [6, 6.07) is 6.02. The summed E-state index contributed by atoms with van der Waals surface area (Å²) in [4.78, 5) is 45.8. The van der Waals surface area contributed by atoms with Gasteiger partial charge in [0.05, 0.1) is 41.4 Å². The van der Waals surface area contributed by atoms with Crippen LogP contribution in [0, 0.1) is 17.8 Å². The minimum absolute atomic E-state index is 0.0775. The Morgan fingerprint density at radius 2 is 2.07 bits per heavy atom. The van der Waals surface area contributed by atoms with Crippen molar-refractivity contribution in [3.05, 3.63) is 49.6 Å². The molecule has 3 fully saturated rings. The molecule has 1 N–H and O–H groups in total. The van der Waals surface area contributed by atoms with Crippen LogP contribution >= 0.6 is 27.7 Å². The Morgan fingerprint density at radius 3 is 2.76 bits per heavy atom. The second kappa shape index (κ2) is 12.5. The minimum Gasteiger partial charge on any atom is -0.465 e. The summed E-state index contributed by atoms with van der Waals surface area (Å²) in [5.41, 5.74) is 1.49. The molecule has 2 aromatic rings. The number of ether oxygens (including phenoxy) is 1. The standard InChI is InChI=1S/C30H38BrN5O5S/c1-5-7-10-14-41-29(40)23-24-27(38)36(22(16-37)18(3)4)26(30(24)15-19(31)25(23)42-30)28(39)34(13-6-2)17-35-21-12-9-8-11-20(21)32-33-35/h5-6,8-9,11-12,18-19,22-26,37H,1-2,7,10,13-17H2,3-4H3/t19?,22-,23+,24-,25+,26?,30?/m0/s1. The van der Waals surface area contributed by atoms with Crippen molar-refractivity contribution in [2.45, 2.75) is 66.7 Å². The number of aliphatic hydroxyl groups is 1. The van der Waals surface area contributed by atoms with Crippen molar-refractivity contribution in [2.75, 3.05) is 19.8 Å². The zero-order valence-electron chi connectivity index (χ0n) is 24.0. The van der Waals surface area contributed by atoms with E-state index >= 15 is 0 Å². The van der Waals surface area contributed by atoms with E-state index in [-0.39, 0.29) is 54.2 Å². The van der Waals surface area contributed by atoms with Gasteiger partial charge in [0, 0.05) is 16.6 Å². The highest BCUT2D eigenvalue weighted by molar-refractivity contribution is 9.09. The van der Waals surface area contributed by atoms with E-state index in [1.807, 2.05) is 38.1 Å². The molecule has 226 valence electrons. The predicted octanol–water partition coefficient (Wildman–Crippen LogP) is 3.39. The van der Waals surface area contributed by atoms with Gasteiger partial charge in [-0.1, -0.05) is 59.3 Å². The highest BCUT2D eigenvalue weighted by Gasteiger charge is 2.76. The molecule has 3 unspecified atom stereocenters. The van der Waals surface area contributed by atoms with Gasteiger partial charge in [0.25, 0.3) is 0 Å². The lowest BCUT2D eigenvalue weighted by Crippen LogP contribution is -2.58. The number of allylic oxidation sites excluding steroid dienone is 1. The van der Waals surface area contributed by atoms with Crippen LogP contribution < -0.4 is 0 Å². The van der Waals surface area contributed by atoms with Gasteiger partial charge in [0.1, 0.15) is 18.2 Å². The number of aliphatic hydroxyl groups excluding tert-OH is 1. The van der Waals surface area contributed by atoms with Gasteiger partial charge >= 0.3 is 5.97 Å². The quantitative estimate of drug-likeness (QED) is 0.151.